The first-order valence-corrected chi connectivity index (χ1v) is 11.8. The van der Waals surface area contributed by atoms with E-state index >= 15 is 0 Å². The highest BCUT2D eigenvalue weighted by Gasteiger charge is 2.57. The van der Waals surface area contributed by atoms with E-state index in [1.165, 1.54) is 0 Å². The molecular weight excluding hydrogens is 477 g/mol. The van der Waals surface area contributed by atoms with Crippen LogP contribution in [-0.2, 0) is 16.0 Å². The lowest BCUT2D eigenvalue weighted by Crippen LogP contribution is -2.43. The molecule has 1 aromatic heterocycles. The normalized spacial score (nSPS) is 17.1. The van der Waals surface area contributed by atoms with Crippen LogP contribution < -0.4 is 10.6 Å². The molecule has 3 aromatic rings. The van der Waals surface area contributed by atoms with Crippen molar-refractivity contribution in [3.8, 4) is 0 Å². The first-order valence-electron chi connectivity index (χ1n) is 10.8. The van der Waals surface area contributed by atoms with Crippen molar-refractivity contribution in [1.29, 1.82) is 0 Å². The van der Waals surface area contributed by atoms with Crippen molar-refractivity contribution in [1.82, 2.24) is 10.3 Å². The van der Waals surface area contributed by atoms with Gasteiger partial charge in [0.25, 0.3) is 5.91 Å². The van der Waals surface area contributed by atoms with E-state index in [9.17, 15) is 19.5 Å². The lowest BCUT2D eigenvalue weighted by molar-refractivity contribution is -0.142. The standard InChI is InChI=1S/C25H23Cl2N3O4/c26-13-25(14-27)12-19(25)23(32)30-21(24(33)34)11-15-5-7-16(8-6-15)29-22(31)18-9-10-28-20-4-2-1-3-17(18)20/h1-10,19,21H,11-14H2,(H,29,31)(H,30,32)(H,33,34)/t19?,21-/m0/s1. The van der Waals surface area contributed by atoms with Crippen LogP contribution in [0.25, 0.3) is 10.9 Å². The summed E-state index contributed by atoms with van der Waals surface area (Å²) < 4.78 is 0. The molecule has 4 rings (SSSR count). The monoisotopic (exact) mass is 499 g/mol. The SMILES string of the molecule is O=C(Nc1ccc(C[C@H](NC(=O)C2CC2(CCl)CCl)C(=O)O)cc1)c1ccnc2ccccc12. The maximum absolute atomic E-state index is 12.8. The summed E-state index contributed by atoms with van der Waals surface area (Å²) >= 11 is 11.9. The number of para-hydroxylation sites is 1. The lowest BCUT2D eigenvalue weighted by Gasteiger charge is -2.16. The van der Waals surface area contributed by atoms with E-state index in [0.29, 0.717) is 23.2 Å². The van der Waals surface area contributed by atoms with Crippen LogP contribution in [-0.4, -0.2) is 45.7 Å². The van der Waals surface area contributed by atoms with Gasteiger partial charge in [0.2, 0.25) is 5.91 Å². The van der Waals surface area contributed by atoms with E-state index in [4.69, 9.17) is 23.2 Å². The zero-order valence-electron chi connectivity index (χ0n) is 18.1. The van der Waals surface area contributed by atoms with Crippen molar-refractivity contribution in [2.75, 3.05) is 17.1 Å². The van der Waals surface area contributed by atoms with E-state index in [-0.39, 0.29) is 35.9 Å². The second kappa shape index (κ2) is 9.99. The van der Waals surface area contributed by atoms with Gasteiger partial charge in [0, 0.05) is 46.8 Å². The number of aliphatic carboxylic acids is 1. The Kier molecular flexibility index (Phi) is 7.05. The summed E-state index contributed by atoms with van der Waals surface area (Å²) in [5.74, 6) is -1.59. The molecule has 2 aromatic carbocycles. The number of halogens is 2. The second-order valence-electron chi connectivity index (χ2n) is 8.52. The molecule has 1 unspecified atom stereocenters. The van der Waals surface area contributed by atoms with Gasteiger partial charge in [-0.15, -0.1) is 23.2 Å². The molecule has 1 fully saturated rings. The van der Waals surface area contributed by atoms with Gasteiger partial charge in [-0.3, -0.25) is 14.6 Å². The molecule has 0 aliphatic heterocycles. The average molecular weight is 500 g/mol. The number of fused-ring (bicyclic) bond motifs is 1. The molecule has 34 heavy (non-hydrogen) atoms. The molecule has 2 amide bonds. The van der Waals surface area contributed by atoms with Gasteiger partial charge in [0.05, 0.1) is 11.1 Å². The van der Waals surface area contributed by atoms with Gasteiger partial charge in [-0.05, 0) is 36.2 Å². The van der Waals surface area contributed by atoms with Gasteiger partial charge in [-0.25, -0.2) is 4.79 Å². The molecule has 1 heterocycles. The highest BCUT2D eigenvalue weighted by atomic mass is 35.5. The number of anilines is 1. The van der Waals surface area contributed by atoms with Gasteiger partial charge < -0.3 is 15.7 Å². The van der Waals surface area contributed by atoms with E-state index in [1.54, 1.807) is 36.5 Å². The summed E-state index contributed by atoms with van der Waals surface area (Å²) in [5, 5.41) is 15.8. The summed E-state index contributed by atoms with van der Waals surface area (Å²) in [7, 11) is 0. The number of carboxylic acid groups (broad SMARTS) is 1. The van der Waals surface area contributed by atoms with Crippen molar-refractivity contribution in [2.24, 2.45) is 11.3 Å². The number of nitrogens with one attached hydrogen (secondary N) is 2. The van der Waals surface area contributed by atoms with Crippen molar-refractivity contribution >= 4 is 57.6 Å². The summed E-state index contributed by atoms with van der Waals surface area (Å²) in [6.07, 6.45) is 2.25. The Labute approximate surface area is 206 Å². The molecule has 1 saturated carbocycles. The van der Waals surface area contributed by atoms with Gasteiger partial charge in [-0.2, -0.15) is 0 Å². The molecular formula is C25H23Cl2N3O4. The van der Waals surface area contributed by atoms with Crippen molar-refractivity contribution in [3.05, 3.63) is 71.9 Å². The first-order chi connectivity index (χ1) is 16.4. The number of carboxylic acids is 1. The number of carbonyl (C=O) groups is 3. The molecule has 176 valence electrons. The van der Waals surface area contributed by atoms with Crippen molar-refractivity contribution in [2.45, 2.75) is 18.9 Å². The Morgan fingerprint density at radius 2 is 1.76 bits per heavy atom. The van der Waals surface area contributed by atoms with E-state index in [1.807, 2.05) is 24.3 Å². The van der Waals surface area contributed by atoms with Crippen LogP contribution in [0.5, 0.6) is 0 Å². The molecule has 0 saturated heterocycles. The molecule has 1 aliphatic carbocycles. The van der Waals surface area contributed by atoms with Gasteiger partial charge in [0.15, 0.2) is 0 Å². The quantitative estimate of drug-likeness (QED) is 0.384. The Bertz CT molecular complexity index is 1220. The highest BCUT2D eigenvalue weighted by molar-refractivity contribution is 6.22. The maximum atomic E-state index is 12.8. The maximum Gasteiger partial charge on any atom is 0.326 e. The first kappa shape index (κ1) is 24.0. The van der Waals surface area contributed by atoms with E-state index in [2.05, 4.69) is 15.6 Å². The molecule has 2 atom stereocenters. The summed E-state index contributed by atoms with van der Waals surface area (Å²) in [5.41, 5.74) is 2.06. The topological polar surface area (TPSA) is 108 Å². The third kappa shape index (κ3) is 5.00. The second-order valence-corrected chi connectivity index (χ2v) is 9.05. The third-order valence-electron chi connectivity index (χ3n) is 6.20. The fraction of sp³-hybridized carbons (Fsp3) is 0.280. The number of nitrogens with zero attached hydrogens (tertiary/aromatic N) is 1. The van der Waals surface area contributed by atoms with E-state index in [0.717, 1.165) is 10.9 Å². The predicted octanol–water partition coefficient (Wildman–Crippen LogP) is 4.08. The zero-order chi connectivity index (χ0) is 24.3. The van der Waals surface area contributed by atoms with Crippen LogP contribution in [0.3, 0.4) is 0 Å². The smallest absolute Gasteiger partial charge is 0.326 e. The Hall–Kier alpha value is -3.16. The Balaban J connectivity index is 1.40. The molecule has 0 bridgehead atoms. The fourth-order valence-electron chi connectivity index (χ4n) is 3.97. The molecule has 0 spiro atoms. The largest absolute Gasteiger partial charge is 0.480 e. The lowest BCUT2D eigenvalue weighted by atomic mass is 10.0. The van der Waals surface area contributed by atoms with Crippen LogP contribution >= 0.6 is 23.2 Å². The fourth-order valence-corrected chi connectivity index (χ4v) is 4.85. The van der Waals surface area contributed by atoms with Crippen molar-refractivity contribution < 1.29 is 19.5 Å². The molecule has 1 aliphatic rings. The van der Waals surface area contributed by atoms with Crippen molar-refractivity contribution in [3.63, 3.8) is 0 Å². The number of pyridine rings is 1. The number of alkyl halides is 2. The minimum Gasteiger partial charge on any atom is -0.480 e. The number of hydrogen-bond acceptors (Lipinski definition) is 4. The summed E-state index contributed by atoms with van der Waals surface area (Å²) in [6, 6.07) is 14.8. The minimum atomic E-state index is -1.13. The van der Waals surface area contributed by atoms with Gasteiger partial charge in [-0.1, -0.05) is 30.3 Å². The van der Waals surface area contributed by atoms with Crippen LogP contribution in [0.1, 0.15) is 22.3 Å². The average Bonchev–Trinajstić information content (AvgIpc) is 3.60. The summed E-state index contributed by atoms with van der Waals surface area (Å²) in [4.78, 5) is 41.3. The number of aromatic nitrogens is 1. The minimum absolute atomic E-state index is 0.103. The number of carbonyl (C=O) groups excluding carboxylic acids is 2. The van der Waals surface area contributed by atoms with Gasteiger partial charge >= 0.3 is 5.97 Å². The number of rotatable bonds is 9. The van der Waals surface area contributed by atoms with Crippen LogP contribution in [0.15, 0.2) is 60.8 Å². The van der Waals surface area contributed by atoms with Crippen LogP contribution in [0.4, 0.5) is 5.69 Å². The zero-order valence-corrected chi connectivity index (χ0v) is 19.6. The van der Waals surface area contributed by atoms with Crippen LogP contribution in [0.2, 0.25) is 0 Å². The Morgan fingerprint density at radius 3 is 2.41 bits per heavy atom. The number of amides is 2. The Morgan fingerprint density at radius 1 is 1.06 bits per heavy atom. The molecule has 0 radical (unpaired) electrons. The predicted molar refractivity (Wildman–Crippen MR) is 131 cm³/mol. The van der Waals surface area contributed by atoms with Gasteiger partial charge in [0.1, 0.15) is 6.04 Å². The third-order valence-corrected chi connectivity index (χ3v) is 7.26. The number of hydrogen-bond donors (Lipinski definition) is 3. The van der Waals surface area contributed by atoms with E-state index < -0.39 is 17.4 Å². The number of benzene rings is 2. The molecule has 7 nitrogen and oxygen atoms in total. The molecule has 3 N–H and O–H groups in total. The van der Waals surface area contributed by atoms with Crippen LogP contribution in [0, 0.1) is 11.3 Å². The highest BCUT2D eigenvalue weighted by Crippen LogP contribution is 2.54. The summed E-state index contributed by atoms with van der Waals surface area (Å²) in [6.45, 7) is 0. The molecule has 9 heteroatoms.